The van der Waals surface area contributed by atoms with Crippen LogP contribution in [-0.4, -0.2) is 108 Å². The van der Waals surface area contributed by atoms with E-state index in [-0.39, 0.29) is 12.8 Å². The van der Waals surface area contributed by atoms with Crippen LogP contribution in [-0.2, 0) is 18.4 Å². The lowest BCUT2D eigenvalue weighted by molar-refractivity contribution is -0.220. The lowest BCUT2D eigenvalue weighted by Crippen LogP contribution is -2.64. The highest BCUT2D eigenvalue weighted by Gasteiger charge is 2.51. The number of unbranched alkanes of at least 4 members (excludes halogenated alkanes) is 29. The van der Waals surface area contributed by atoms with E-state index in [9.17, 15) is 50.0 Å². The van der Waals surface area contributed by atoms with Crippen molar-refractivity contribution in [3.05, 3.63) is 0 Å². The van der Waals surface area contributed by atoms with Crippen molar-refractivity contribution in [2.24, 2.45) is 0 Å². The molecule has 1 amide bonds. The summed E-state index contributed by atoms with van der Waals surface area (Å²) in [6.45, 7) is 3.81. The fourth-order valence-electron chi connectivity index (χ4n) is 8.36. The van der Waals surface area contributed by atoms with Gasteiger partial charge in [0.05, 0.1) is 31.3 Å². The summed E-state index contributed by atoms with van der Waals surface area (Å²) in [5.74, 6) is -0.556. The first kappa shape index (κ1) is 58.3. The molecule has 13 nitrogen and oxygen atoms in total. The van der Waals surface area contributed by atoms with Crippen LogP contribution in [0.5, 0.6) is 0 Å². The van der Waals surface area contributed by atoms with Gasteiger partial charge in [0.15, 0.2) is 0 Å². The number of nitrogens with one attached hydrogen (secondary N) is 1. The number of aliphatic hydroxyl groups is 7. The number of amides is 1. The molecule has 1 aliphatic carbocycles. The minimum atomic E-state index is -5.11. The van der Waals surface area contributed by atoms with Gasteiger partial charge in [-0.1, -0.05) is 213 Å². The molecule has 0 aliphatic heterocycles. The highest BCUT2D eigenvalue weighted by molar-refractivity contribution is 7.47. The van der Waals surface area contributed by atoms with Crippen LogP contribution >= 0.6 is 7.82 Å². The summed E-state index contributed by atoms with van der Waals surface area (Å²) in [5, 5.41) is 74.7. The third-order valence-electron chi connectivity index (χ3n) is 12.5. The Morgan fingerprint density at radius 3 is 1.18 bits per heavy atom. The summed E-state index contributed by atoms with van der Waals surface area (Å²) in [5.41, 5.74) is 0. The number of aliphatic hydroxyl groups excluding tert-OH is 7. The molecule has 1 saturated carbocycles. The lowest BCUT2D eigenvalue weighted by atomic mass is 9.85. The first-order chi connectivity index (χ1) is 29.3. The highest BCUT2D eigenvalue weighted by atomic mass is 31.2. The average Bonchev–Trinajstić information content (AvgIpc) is 3.23. The summed E-state index contributed by atoms with van der Waals surface area (Å²) < 4.78 is 23.0. The van der Waals surface area contributed by atoms with Crippen LogP contribution < -0.4 is 5.32 Å². The van der Waals surface area contributed by atoms with Gasteiger partial charge in [-0.2, -0.15) is 0 Å². The van der Waals surface area contributed by atoms with Crippen LogP contribution in [0, 0.1) is 0 Å². The highest BCUT2D eigenvalue weighted by Crippen LogP contribution is 2.47. The molecule has 364 valence electrons. The van der Waals surface area contributed by atoms with Gasteiger partial charge in [0.2, 0.25) is 5.91 Å². The Kier molecular flexibility index (Phi) is 35.9. The molecule has 0 saturated heterocycles. The SMILES string of the molecule is CCCCCCCCCCCCCCCCCCCCC(O)C(COP(=O)(O)OC1C(O)C(O)C(O)C(O)C1O)NC(=O)CC(O)CCCCCCCCCCCCCCC. The van der Waals surface area contributed by atoms with E-state index in [1.54, 1.807) is 0 Å². The molecule has 0 heterocycles. The third-order valence-corrected chi connectivity index (χ3v) is 13.5. The van der Waals surface area contributed by atoms with E-state index in [4.69, 9.17) is 9.05 Å². The molecule has 8 atom stereocenters. The smallest absolute Gasteiger partial charge is 0.393 e. The van der Waals surface area contributed by atoms with Gasteiger partial charge in [0, 0.05) is 0 Å². The van der Waals surface area contributed by atoms with E-state index < -0.39 is 75.2 Å². The number of carbonyl (C=O) groups is 1. The number of phosphoric ester groups is 1. The summed E-state index contributed by atoms with van der Waals surface area (Å²) in [6, 6.07) is -1.15. The second-order valence-electron chi connectivity index (χ2n) is 18.2. The lowest BCUT2D eigenvalue weighted by Gasteiger charge is -2.41. The second-order valence-corrected chi connectivity index (χ2v) is 19.6. The van der Waals surface area contributed by atoms with Crippen molar-refractivity contribution < 1.29 is 59.0 Å². The fourth-order valence-corrected chi connectivity index (χ4v) is 9.33. The molecule has 61 heavy (non-hydrogen) atoms. The Hall–Kier alpha value is -0.700. The van der Waals surface area contributed by atoms with Gasteiger partial charge in [-0.25, -0.2) is 4.57 Å². The van der Waals surface area contributed by atoms with E-state index in [1.165, 1.54) is 141 Å². The zero-order valence-corrected chi connectivity index (χ0v) is 39.5. The largest absolute Gasteiger partial charge is 0.472 e. The maximum atomic E-state index is 13.0. The number of carbonyl (C=O) groups excluding carboxylic acids is 1. The Balaban J connectivity index is 2.48. The zero-order valence-electron chi connectivity index (χ0n) is 38.6. The van der Waals surface area contributed by atoms with Crippen molar-refractivity contribution in [1.29, 1.82) is 0 Å². The van der Waals surface area contributed by atoms with Gasteiger partial charge < -0.3 is 46.0 Å². The van der Waals surface area contributed by atoms with Gasteiger partial charge in [-0.05, 0) is 12.8 Å². The monoisotopic (exact) mass is 896 g/mol. The van der Waals surface area contributed by atoms with Crippen molar-refractivity contribution in [3.8, 4) is 0 Å². The molecule has 1 rings (SSSR count). The first-order valence-corrected chi connectivity index (χ1v) is 26.6. The predicted molar refractivity (Wildman–Crippen MR) is 243 cm³/mol. The van der Waals surface area contributed by atoms with Crippen LogP contribution in [0.1, 0.15) is 232 Å². The summed E-state index contributed by atoms with van der Waals surface area (Å²) in [4.78, 5) is 23.5. The van der Waals surface area contributed by atoms with E-state index in [0.29, 0.717) is 12.8 Å². The van der Waals surface area contributed by atoms with Crippen molar-refractivity contribution >= 4 is 13.7 Å². The second kappa shape index (κ2) is 37.5. The molecule has 0 spiro atoms. The van der Waals surface area contributed by atoms with Crippen LogP contribution in [0.25, 0.3) is 0 Å². The number of hydrogen-bond acceptors (Lipinski definition) is 11. The van der Waals surface area contributed by atoms with E-state index >= 15 is 0 Å². The number of hydrogen-bond donors (Lipinski definition) is 9. The molecule has 1 fully saturated rings. The van der Waals surface area contributed by atoms with Gasteiger partial charge >= 0.3 is 7.82 Å². The quantitative estimate of drug-likeness (QED) is 0.0207. The van der Waals surface area contributed by atoms with Gasteiger partial charge in [0.25, 0.3) is 0 Å². The summed E-state index contributed by atoms with van der Waals surface area (Å²) in [6.07, 6.45) is 24.3. The first-order valence-electron chi connectivity index (χ1n) is 25.1. The van der Waals surface area contributed by atoms with Crippen molar-refractivity contribution in [2.45, 2.75) is 287 Å². The average molecular weight is 896 g/mol. The van der Waals surface area contributed by atoms with Crippen LogP contribution in [0.4, 0.5) is 0 Å². The molecule has 9 N–H and O–H groups in total. The maximum Gasteiger partial charge on any atom is 0.472 e. The molecule has 1 aliphatic rings. The van der Waals surface area contributed by atoms with Crippen LogP contribution in [0.2, 0.25) is 0 Å². The zero-order chi connectivity index (χ0) is 45.1. The summed E-state index contributed by atoms with van der Waals surface area (Å²) >= 11 is 0. The van der Waals surface area contributed by atoms with Gasteiger partial charge in [-0.15, -0.1) is 0 Å². The molecular formula is C47H94NO12P. The molecular weight excluding hydrogens is 801 g/mol. The normalized spacial score (nSPS) is 23.1. The molecule has 0 aromatic rings. The molecule has 14 heteroatoms. The van der Waals surface area contributed by atoms with Gasteiger partial charge in [0.1, 0.15) is 36.6 Å². The summed E-state index contributed by atoms with van der Waals surface area (Å²) in [7, 11) is -5.11. The Morgan fingerprint density at radius 1 is 0.508 bits per heavy atom. The number of phosphoric acid groups is 1. The minimum absolute atomic E-state index is 0.216. The maximum absolute atomic E-state index is 13.0. The Morgan fingerprint density at radius 2 is 0.820 bits per heavy atom. The van der Waals surface area contributed by atoms with Crippen molar-refractivity contribution in [2.75, 3.05) is 6.61 Å². The topological polar surface area (TPSA) is 226 Å². The molecule has 0 radical (unpaired) electrons. The van der Waals surface area contributed by atoms with Gasteiger partial charge in [-0.3, -0.25) is 13.8 Å². The molecule has 0 aromatic carbocycles. The molecule has 0 aromatic heterocycles. The number of rotatable bonds is 42. The van der Waals surface area contributed by atoms with Crippen LogP contribution in [0.3, 0.4) is 0 Å². The van der Waals surface area contributed by atoms with E-state index in [1.807, 2.05) is 0 Å². The fraction of sp³-hybridized carbons (Fsp3) is 0.979. The molecule has 8 unspecified atom stereocenters. The standard InChI is InChI=1S/C47H94NO12P/c1-3-5-7-9-11-13-15-17-18-19-20-21-23-25-27-29-31-33-35-40(50)39(37-59-61(57,58)60-47-45(55)43(53)42(52)44(54)46(47)56)48-41(51)36-38(49)34-32-30-28-26-24-22-16-14-12-10-8-6-4-2/h38-40,42-47,49-50,52-56H,3-37H2,1-2H3,(H,48,51)(H,57,58). The Bertz CT molecular complexity index is 1060. The third kappa shape index (κ3) is 29.5. The van der Waals surface area contributed by atoms with Crippen molar-refractivity contribution in [1.82, 2.24) is 5.32 Å². The van der Waals surface area contributed by atoms with Crippen molar-refractivity contribution in [3.63, 3.8) is 0 Å². The predicted octanol–water partition coefficient (Wildman–Crippen LogP) is 8.82. The molecule has 0 bridgehead atoms. The van der Waals surface area contributed by atoms with E-state index in [0.717, 1.165) is 51.4 Å². The minimum Gasteiger partial charge on any atom is -0.393 e. The van der Waals surface area contributed by atoms with E-state index in [2.05, 4.69) is 19.2 Å². The Labute approximate surface area is 370 Å². The van der Waals surface area contributed by atoms with Crippen LogP contribution in [0.15, 0.2) is 0 Å².